The number of benzene rings is 2. The van der Waals surface area contributed by atoms with E-state index in [0.29, 0.717) is 6.54 Å². The maximum atomic E-state index is 12.8. The standard InChI is InChI=1S/C19H22N2O3S2/c1-23-15-10-13(11-16(12-15)24-2)18-21(8-9-26-18)19(22)20-14-4-6-17(25-3)7-5-14/h4-7,10-12,18H,8-9H2,1-3H3,(H,20,22)/t18-/m1/s1. The number of anilines is 1. The molecular weight excluding hydrogens is 368 g/mol. The molecule has 2 amide bonds. The van der Waals surface area contributed by atoms with Crippen molar-refractivity contribution in [2.75, 3.05) is 38.1 Å². The molecule has 1 aliphatic rings. The van der Waals surface area contributed by atoms with Crippen LogP contribution < -0.4 is 14.8 Å². The van der Waals surface area contributed by atoms with Crippen LogP contribution in [0.2, 0.25) is 0 Å². The zero-order valence-electron chi connectivity index (χ0n) is 15.0. The number of urea groups is 1. The maximum Gasteiger partial charge on any atom is 0.323 e. The average molecular weight is 391 g/mol. The Labute approximate surface area is 162 Å². The third-order valence-corrected chi connectivity index (χ3v) is 6.16. The summed E-state index contributed by atoms with van der Waals surface area (Å²) < 4.78 is 10.7. The Hall–Kier alpha value is -1.99. The van der Waals surface area contributed by atoms with Crippen molar-refractivity contribution >= 4 is 35.2 Å². The molecule has 1 fully saturated rings. The number of hydrogen-bond donors (Lipinski definition) is 1. The monoisotopic (exact) mass is 390 g/mol. The van der Waals surface area contributed by atoms with Gasteiger partial charge in [0.25, 0.3) is 0 Å². The zero-order valence-corrected chi connectivity index (χ0v) is 16.7. The Bertz CT molecular complexity index is 746. The zero-order chi connectivity index (χ0) is 18.5. The highest BCUT2D eigenvalue weighted by atomic mass is 32.2. The number of rotatable bonds is 5. The van der Waals surface area contributed by atoms with Gasteiger partial charge in [0.1, 0.15) is 16.9 Å². The van der Waals surface area contributed by atoms with E-state index >= 15 is 0 Å². The second kappa shape index (κ2) is 8.60. The molecular formula is C19H22N2O3S2. The Kier molecular flexibility index (Phi) is 6.21. The van der Waals surface area contributed by atoms with Gasteiger partial charge in [-0.3, -0.25) is 0 Å². The van der Waals surface area contributed by atoms with E-state index in [1.165, 1.54) is 4.90 Å². The first kappa shape index (κ1) is 18.8. The Morgan fingerprint density at radius 2 is 1.81 bits per heavy atom. The van der Waals surface area contributed by atoms with Crippen LogP contribution in [0, 0.1) is 0 Å². The third kappa shape index (κ3) is 4.22. The van der Waals surface area contributed by atoms with E-state index < -0.39 is 0 Å². The Balaban J connectivity index is 1.77. The van der Waals surface area contributed by atoms with Crippen LogP contribution in [0.5, 0.6) is 11.5 Å². The summed E-state index contributed by atoms with van der Waals surface area (Å²) in [5.74, 6) is 2.34. The topological polar surface area (TPSA) is 50.8 Å². The van der Waals surface area contributed by atoms with E-state index in [4.69, 9.17) is 9.47 Å². The van der Waals surface area contributed by atoms with Crippen molar-refractivity contribution in [2.45, 2.75) is 10.3 Å². The van der Waals surface area contributed by atoms with Crippen molar-refractivity contribution in [3.8, 4) is 11.5 Å². The van der Waals surface area contributed by atoms with Crippen molar-refractivity contribution in [3.63, 3.8) is 0 Å². The molecule has 0 unspecified atom stereocenters. The van der Waals surface area contributed by atoms with Gasteiger partial charge < -0.3 is 19.7 Å². The van der Waals surface area contributed by atoms with Crippen LogP contribution in [0.1, 0.15) is 10.9 Å². The number of carbonyl (C=O) groups excluding carboxylic acids is 1. The van der Waals surface area contributed by atoms with E-state index in [0.717, 1.165) is 28.5 Å². The normalized spacial score (nSPS) is 16.4. The molecule has 3 rings (SSSR count). The molecule has 0 spiro atoms. The molecule has 1 saturated heterocycles. The lowest BCUT2D eigenvalue weighted by molar-refractivity contribution is 0.214. The molecule has 1 heterocycles. The number of methoxy groups -OCH3 is 2. The minimum Gasteiger partial charge on any atom is -0.497 e. The molecule has 0 saturated carbocycles. The number of carbonyl (C=O) groups is 1. The van der Waals surface area contributed by atoms with Crippen molar-refractivity contribution in [1.82, 2.24) is 4.90 Å². The lowest BCUT2D eigenvalue weighted by Gasteiger charge is -2.25. The van der Waals surface area contributed by atoms with Gasteiger partial charge in [0.15, 0.2) is 0 Å². The number of nitrogens with zero attached hydrogens (tertiary/aromatic N) is 1. The van der Waals surface area contributed by atoms with Crippen molar-refractivity contribution in [1.29, 1.82) is 0 Å². The van der Waals surface area contributed by atoms with Gasteiger partial charge in [0.05, 0.1) is 14.2 Å². The second-order valence-corrected chi connectivity index (χ2v) is 7.79. The molecule has 0 bridgehead atoms. The number of amides is 2. The third-order valence-electron chi connectivity index (χ3n) is 4.15. The predicted molar refractivity (Wildman–Crippen MR) is 109 cm³/mol. The van der Waals surface area contributed by atoms with Crippen LogP contribution in [0.3, 0.4) is 0 Å². The second-order valence-electron chi connectivity index (χ2n) is 5.72. The highest BCUT2D eigenvalue weighted by molar-refractivity contribution is 7.99. The number of hydrogen-bond acceptors (Lipinski definition) is 5. The lowest BCUT2D eigenvalue weighted by Crippen LogP contribution is -2.34. The van der Waals surface area contributed by atoms with Gasteiger partial charge in [0.2, 0.25) is 0 Å². The smallest absolute Gasteiger partial charge is 0.323 e. The van der Waals surface area contributed by atoms with Crippen LogP contribution in [0.25, 0.3) is 0 Å². The van der Waals surface area contributed by atoms with E-state index in [2.05, 4.69) is 5.32 Å². The molecule has 7 heteroatoms. The molecule has 0 radical (unpaired) electrons. The SMILES string of the molecule is COc1cc(OC)cc([C@H]2SCCN2C(=O)Nc2ccc(SC)cc2)c1. The van der Waals surface area contributed by atoms with Gasteiger partial charge in [-0.1, -0.05) is 0 Å². The van der Waals surface area contributed by atoms with E-state index in [1.54, 1.807) is 37.7 Å². The summed E-state index contributed by atoms with van der Waals surface area (Å²) in [6.07, 6.45) is 2.03. The lowest BCUT2D eigenvalue weighted by atomic mass is 10.2. The summed E-state index contributed by atoms with van der Waals surface area (Å²) in [6, 6.07) is 13.5. The van der Waals surface area contributed by atoms with Crippen molar-refractivity contribution in [3.05, 3.63) is 48.0 Å². The molecule has 0 aliphatic carbocycles. The quantitative estimate of drug-likeness (QED) is 0.750. The molecule has 1 aliphatic heterocycles. The van der Waals surface area contributed by atoms with Crippen molar-refractivity contribution < 1.29 is 14.3 Å². The average Bonchev–Trinajstić information content (AvgIpc) is 3.18. The van der Waals surface area contributed by atoms with Gasteiger partial charge in [-0.25, -0.2) is 4.79 Å². The number of nitrogens with one attached hydrogen (secondary N) is 1. The molecule has 138 valence electrons. The summed E-state index contributed by atoms with van der Waals surface area (Å²) in [7, 11) is 3.26. The highest BCUT2D eigenvalue weighted by Gasteiger charge is 2.31. The molecule has 0 aromatic heterocycles. The van der Waals surface area contributed by atoms with E-state index in [-0.39, 0.29) is 11.4 Å². The van der Waals surface area contributed by atoms with Gasteiger partial charge in [-0.2, -0.15) is 0 Å². The molecule has 1 atom stereocenters. The summed E-state index contributed by atoms with van der Waals surface area (Å²) in [4.78, 5) is 15.8. The minimum absolute atomic E-state index is 0.0653. The first-order chi connectivity index (χ1) is 12.6. The fourth-order valence-electron chi connectivity index (χ4n) is 2.80. The largest absolute Gasteiger partial charge is 0.497 e. The van der Waals surface area contributed by atoms with Crippen LogP contribution in [-0.4, -0.2) is 43.7 Å². The summed E-state index contributed by atoms with van der Waals surface area (Å²) in [5.41, 5.74) is 1.79. The first-order valence-corrected chi connectivity index (χ1v) is 10.5. The first-order valence-electron chi connectivity index (χ1n) is 8.21. The minimum atomic E-state index is -0.0984. The summed E-state index contributed by atoms with van der Waals surface area (Å²) >= 11 is 3.41. The molecule has 26 heavy (non-hydrogen) atoms. The molecule has 2 aromatic rings. The maximum absolute atomic E-state index is 12.8. The van der Waals surface area contributed by atoms with Gasteiger partial charge in [-0.05, 0) is 48.2 Å². The van der Waals surface area contributed by atoms with Crippen LogP contribution in [-0.2, 0) is 0 Å². The van der Waals surface area contributed by atoms with E-state index in [1.807, 2.05) is 53.6 Å². The highest BCUT2D eigenvalue weighted by Crippen LogP contribution is 2.40. The van der Waals surface area contributed by atoms with Gasteiger partial charge in [-0.15, -0.1) is 23.5 Å². The van der Waals surface area contributed by atoms with Crippen LogP contribution in [0.4, 0.5) is 10.5 Å². The summed E-state index contributed by atoms with van der Waals surface area (Å²) in [5, 5.41) is 2.93. The van der Waals surface area contributed by atoms with Crippen LogP contribution >= 0.6 is 23.5 Å². The summed E-state index contributed by atoms with van der Waals surface area (Å²) in [6.45, 7) is 0.698. The number of thioether (sulfide) groups is 2. The molecule has 5 nitrogen and oxygen atoms in total. The van der Waals surface area contributed by atoms with Gasteiger partial charge in [0, 0.05) is 28.9 Å². The molecule has 1 N–H and O–H groups in total. The van der Waals surface area contributed by atoms with Crippen LogP contribution in [0.15, 0.2) is 47.4 Å². The Morgan fingerprint density at radius 1 is 1.15 bits per heavy atom. The number of ether oxygens (including phenoxy) is 2. The Morgan fingerprint density at radius 3 is 2.38 bits per heavy atom. The van der Waals surface area contributed by atoms with Crippen molar-refractivity contribution in [2.24, 2.45) is 0 Å². The fraction of sp³-hybridized carbons (Fsp3) is 0.316. The van der Waals surface area contributed by atoms with E-state index in [9.17, 15) is 4.79 Å². The van der Waals surface area contributed by atoms with Gasteiger partial charge >= 0.3 is 6.03 Å². The molecule has 2 aromatic carbocycles. The fourth-order valence-corrected chi connectivity index (χ4v) is 4.44. The predicted octanol–water partition coefficient (Wildman–Crippen LogP) is 4.71.